The van der Waals surface area contributed by atoms with Gasteiger partial charge in [-0.05, 0) is 31.2 Å². The van der Waals surface area contributed by atoms with E-state index < -0.39 is 16.1 Å². The zero-order valence-corrected chi connectivity index (χ0v) is 11.3. The smallest absolute Gasteiger partial charge is 0.250 e. The van der Waals surface area contributed by atoms with Crippen LogP contribution in [0.15, 0.2) is 39.2 Å². The van der Waals surface area contributed by atoms with Crippen LogP contribution in [-0.4, -0.2) is 20.1 Å². The van der Waals surface area contributed by atoms with Gasteiger partial charge in [-0.25, -0.2) is 8.42 Å². The molecule has 0 fully saturated rings. The van der Waals surface area contributed by atoms with Crippen molar-refractivity contribution in [3.63, 3.8) is 0 Å². The number of furan rings is 1. The standard InChI is InChI=1S/C11H13NO4S2/c1-8-4-5-11(17-8)18(14,15)12-9(7-13)10-3-2-6-16-10/h2-6,9,12-13H,7H2,1H3. The lowest BCUT2D eigenvalue weighted by Gasteiger charge is -2.13. The fourth-order valence-corrected chi connectivity index (χ4v) is 3.97. The van der Waals surface area contributed by atoms with Crippen LogP contribution in [0.5, 0.6) is 0 Å². The number of aryl methyl sites for hydroxylation is 1. The summed E-state index contributed by atoms with van der Waals surface area (Å²) < 4.78 is 31.8. The quantitative estimate of drug-likeness (QED) is 0.876. The van der Waals surface area contributed by atoms with Gasteiger partial charge in [0.2, 0.25) is 0 Å². The van der Waals surface area contributed by atoms with Gasteiger partial charge in [-0.2, -0.15) is 4.72 Å². The van der Waals surface area contributed by atoms with Crippen molar-refractivity contribution in [1.82, 2.24) is 4.72 Å². The predicted molar refractivity (Wildman–Crippen MR) is 67.9 cm³/mol. The van der Waals surface area contributed by atoms with Gasteiger partial charge in [0.15, 0.2) is 0 Å². The summed E-state index contributed by atoms with van der Waals surface area (Å²) in [5.41, 5.74) is 0. The first-order valence-electron chi connectivity index (χ1n) is 5.26. The fraction of sp³-hybridized carbons (Fsp3) is 0.273. The average molecular weight is 287 g/mol. The Bertz CT molecular complexity index is 601. The van der Waals surface area contributed by atoms with Crippen LogP contribution < -0.4 is 4.72 Å². The summed E-state index contributed by atoms with van der Waals surface area (Å²) in [6.45, 7) is 1.47. The van der Waals surface area contributed by atoms with E-state index in [-0.39, 0.29) is 10.8 Å². The first-order chi connectivity index (χ1) is 8.53. The van der Waals surface area contributed by atoms with E-state index in [0.717, 1.165) is 4.88 Å². The maximum Gasteiger partial charge on any atom is 0.250 e. The summed E-state index contributed by atoms with van der Waals surface area (Å²) in [5, 5.41) is 9.23. The van der Waals surface area contributed by atoms with Crippen LogP contribution in [0.4, 0.5) is 0 Å². The zero-order valence-electron chi connectivity index (χ0n) is 9.66. The molecule has 1 unspecified atom stereocenters. The number of aliphatic hydroxyl groups is 1. The number of nitrogens with one attached hydrogen (secondary N) is 1. The number of rotatable bonds is 5. The lowest BCUT2D eigenvalue weighted by atomic mass is 10.2. The van der Waals surface area contributed by atoms with Crippen molar-refractivity contribution in [2.45, 2.75) is 17.2 Å². The number of aliphatic hydroxyl groups excluding tert-OH is 1. The molecule has 0 aliphatic heterocycles. The van der Waals surface area contributed by atoms with Crippen molar-refractivity contribution in [1.29, 1.82) is 0 Å². The molecule has 5 nitrogen and oxygen atoms in total. The van der Waals surface area contributed by atoms with Crippen molar-refractivity contribution in [2.24, 2.45) is 0 Å². The van der Waals surface area contributed by atoms with Gasteiger partial charge in [-0.3, -0.25) is 0 Å². The SMILES string of the molecule is Cc1ccc(S(=O)(=O)NC(CO)c2ccco2)s1. The monoisotopic (exact) mass is 287 g/mol. The third-order valence-electron chi connectivity index (χ3n) is 2.35. The van der Waals surface area contributed by atoms with Crippen LogP contribution in [0.1, 0.15) is 16.7 Å². The highest BCUT2D eigenvalue weighted by Crippen LogP contribution is 2.23. The average Bonchev–Trinajstić information content (AvgIpc) is 2.96. The third-order valence-corrected chi connectivity index (χ3v) is 5.31. The third kappa shape index (κ3) is 2.81. The summed E-state index contributed by atoms with van der Waals surface area (Å²) in [5.74, 6) is 0.384. The van der Waals surface area contributed by atoms with E-state index in [9.17, 15) is 13.5 Å². The molecule has 0 spiro atoms. The maximum atomic E-state index is 12.1. The van der Waals surface area contributed by atoms with E-state index in [1.54, 1.807) is 24.3 Å². The molecule has 0 amide bonds. The van der Waals surface area contributed by atoms with E-state index in [4.69, 9.17) is 4.42 Å². The minimum atomic E-state index is -3.63. The minimum Gasteiger partial charge on any atom is -0.468 e. The van der Waals surface area contributed by atoms with Crippen LogP contribution >= 0.6 is 11.3 Å². The van der Waals surface area contributed by atoms with Gasteiger partial charge in [0.25, 0.3) is 10.0 Å². The summed E-state index contributed by atoms with van der Waals surface area (Å²) in [7, 11) is -3.63. The van der Waals surface area contributed by atoms with Gasteiger partial charge in [0, 0.05) is 4.88 Å². The Kier molecular flexibility index (Phi) is 3.86. The Hall–Kier alpha value is -1.15. The first-order valence-corrected chi connectivity index (χ1v) is 7.56. The van der Waals surface area contributed by atoms with Gasteiger partial charge < -0.3 is 9.52 Å². The summed E-state index contributed by atoms with van der Waals surface area (Å²) in [6, 6.07) is 5.76. The molecular weight excluding hydrogens is 274 g/mol. The van der Waals surface area contributed by atoms with Crippen molar-refractivity contribution >= 4 is 21.4 Å². The van der Waals surface area contributed by atoms with Gasteiger partial charge in [-0.15, -0.1) is 11.3 Å². The number of sulfonamides is 1. The van der Waals surface area contributed by atoms with Crippen molar-refractivity contribution in [3.05, 3.63) is 41.2 Å². The predicted octanol–water partition coefficient (Wildman–Crippen LogP) is 1.66. The highest BCUT2D eigenvalue weighted by molar-refractivity contribution is 7.91. The van der Waals surface area contributed by atoms with Gasteiger partial charge >= 0.3 is 0 Å². The van der Waals surface area contributed by atoms with Crippen LogP contribution in [0.2, 0.25) is 0 Å². The Morgan fingerprint density at radius 3 is 2.72 bits per heavy atom. The lowest BCUT2D eigenvalue weighted by molar-refractivity contribution is 0.242. The molecule has 0 saturated carbocycles. The van der Waals surface area contributed by atoms with Crippen molar-refractivity contribution in [2.75, 3.05) is 6.61 Å². The van der Waals surface area contributed by atoms with E-state index in [2.05, 4.69) is 4.72 Å². The number of hydrogen-bond acceptors (Lipinski definition) is 5. The van der Waals surface area contributed by atoms with Crippen molar-refractivity contribution < 1.29 is 17.9 Å². The molecule has 2 aromatic rings. The highest BCUT2D eigenvalue weighted by atomic mass is 32.2. The van der Waals surface area contributed by atoms with E-state index in [0.29, 0.717) is 5.76 Å². The van der Waals surface area contributed by atoms with Gasteiger partial charge in [-0.1, -0.05) is 0 Å². The van der Waals surface area contributed by atoms with E-state index >= 15 is 0 Å². The molecule has 2 rings (SSSR count). The summed E-state index contributed by atoms with van der Waals surface area (Å²) in [4.78, 5) is 0.911. The number of thiophene rings is 1. The zero-order chi connectivity index (χ0) is 13.2. The fourth-order valence-electron chi connectivity index (χ4n) is 1.48. The van der Waals surface area contributed by atoms with Crippen LogP contribution in [0, 0.1) is 6.92 Å². The molecule has 0 bridgehead atoms. The molecule has 98 valence electrons. The molecule has 0 aliphatic rings. The first kappa shape index (κ1) is 13.3. The van der Waals surface area contributed by atoms with Crippen LogP contribution in [0.3, 0.4) is 0 Å². The second kappa shape index (κ2) is 5.23. The second-order valence-corrected chi connectivity index (χ2v) is 6.97. The van der Waals surface area contributed by atoms with Crippen LogP contribution in [-0.2, 0) is 10.0 Å². The van der Waals surface area contributed by atoms with E-state index in [1.807, 2.05) is 6.92 Å². The molecule has 2 aromatic heterocycles. The molecule has 0 aromatic carbocycles. The molecule has 1 atom stereocenters. The Labute approximate surface area is 109 Å². The Morgan fingerprint density at radius 2 is 2.22 bits per heavy atom. The Morgan fingerprint density at radius 1 is 1.44 bits per heavy atom. The molecule has 0 radical (unpaired) electrons. The topological polar surface area (TPSA) is 79.5 Å². The molecule has 2 heterocycles. The molecule has 7 heteroatoms. The largest absolute Gasteiger partial charge is 0.468 e. The summed E-state index contributed by atoms with van der Waals surface area (Å²) >= 11 is 1.18. The molecule has 0 saturated heterocycles. The lowest BCUT2D eigenvalue weighted by Crippen LogP contribution is -2.30. The normalized spacial score (nSPS) is 13.7. The highest BCUT2D eigenvalue weighted by Gasteiger charge is 2.23. The second-order valence-electron chi connectivity index (χ2n) is 3.74. The van der Waals surface area contributed by atoms with Crippen molar-refractivity contribution in [3.8, 4) is 0 Å². The summed E-state index contributed by atoms with van der Waals surface area (Å²) in [6.07, 6.45) is 1.43. The Balaban J connectivity index is 2.22. The van der Waals surface area contributed by atoms with Gasteiger partial charge in [0.1, 0.15) is 16.0 Å². The molecule has 0 aliphatic carbocycles. The number of hydrogen-bond donors (Lipinski definition) is 2. The molecule has 18 heavy (non-hydrogen) atoms. The molecular formula is C11H13NO4S2. The van der Waals surface area contributed by atoms with Gasteiger partial charge in [0.05, 0.1) is 12.9 Å². The van der Waals surface area contributed by atoms with E-state index in [1.165, 1.54) is 17.6 Å². The molecule has 2 N–H and O–H groups in total. The van der Waals surface area contributed by atoms with Crippen LogP contribution in [0.25, 0.3) is 0 Å². The maximum absolute atomic E-state index is 12.1. The minimum absolute atomic E-state index is 0.227.